The summed E-state index contributed by atoms with van der Waals surface area (Å²) in [5.74, 6) is 0.442. The molecular formula is C17H26N2O2. The van der Waals surface area contributed by atoms with Gasteiger partial charge in [0.2, 0.25) is 5.91 Å². The number of amides is 1. The van der Waals surface area contributed by atoms with Crippen LogP contribution >= 0.6 is 0 Å². The maximum Gasteiger partial charge on any atom is 0.241 e. The standard InChI is InChI=1S/C17H26N2O2/c1-12-4-5-16(10-13(12)2)18-17(21)14(3)19-8-6-15(11-20)7-9-19/h4-5,10,14-15,20H,6-9,11H2,1-3H3,(H,18,21). The molecule has 1 atom stereocenters. The van der Waals surface area contributed by atoms with Crippen molar-refractivity contribution < 1.29 is 9.90 Å². The van der Waals surface area contributed by atoms with Crippen LogP contribution in [0.4, 0.5) is 5.69 Å². The average Bonchev–Trinajstić information content (AvgIpc) is 2.50. The minimum Gasteiger partial charge on any atom is -0.396 e. The van der Waals surface area contributed by atoms with Crippen molar-refractivity contribution in [2.45, 2.75) is 39.7 Å². The summed E-state index contributed by atoms with van der Waals surface area (Å²) in [6.45, 7) is 8.09. The van der Waals surface area contributed by atoms with Crippen LogP contribution in [0.15, 0.2) is 18.2 Å². The minimum absolute atomic E-state index is 0.0423. The molecule has 2 rings (SSSR count). The van der Waals surface area contributed by atoms with Crippen LogP contribution in [0.2, 0.25) is 0 Å². The van der Waals surface area contributed by atoms with E-state index >= 15 is 0 Å². The van der Waals surface area contributed by atoms with Gasteiger partial charge in [-0.2, -0.15) is 0 Å². The molecule has 1 unspecified atom stereocenters. The monoisotopic (exact) mass is 290 g/mol. The second-order valence-corrected chi connectivity index (χ2v) is 6.13. The normalized spacial score (nSPS) is 18.5. The third kappa shape index (κ3) is 4.05. The van der Waals surface area contributed by atoms with Gasteiger partial charge in [-0.25, -0.2) is 0 Å². The number of piperidine rings is 1. The summed E-state index contributed by atoms with van der Waals surface area (Å²) in [4.78, 5) is 14.6. The molecule has 4 nitrogen and oxygen atoms in total. The van der Waals surface area contributed by atoms with Crippen molar-refractivity contribution >= 4 is 11.6 Å². The number of aryl methyl sites for hydroxylation is 2. The Labute approximate surface area is 127 Å². The number of hydrogen-bond donors (Lipinski definition) is 2. The molecule has 1 aliphatic rings. The smallest absolute Gasteiger partial charge is 0.241 e. The van der Waals surface area contributed by atoms with E-state index in [1.807, 2.05) is 32.0 Å². The Morgan fingerprint density at radius 1 is 1.33 bits per heavy atom. The summed E-state index contributed by atoms with van der Waals surface area (Å²) < 4.78 is 0. The van der Waals surface area contributed by atoms with Crippen LogP contribution < -0.4 is 5.32 Å². The van der Waals surface area contributed by atoms with E-state index in [1.54, 1.807) is 0 Å². The van der Waals surface area contributed by atoms with Gasteiger partial charge in [-0.3, -0.25) is 9.69 Å². The molecule has 21 heavy (non-hydrogen) atoms. The maximum atomic E-state index is 12.4. The zero-order valence-electron chi connectivity index (χ0n) is 13.2. The number of rotatable bonds is 4. The highest BCUT2D eigenvalue weighted by molar-refractivity contribution is 5.94. The fourth-order valence-corrected chi connectivity index (χ4v) is 2.75. The van der Waals surface area contributed by atoms with Gasteiger partial charge in [-0.1, -0.05) is 6.07 Å². The number of hydrogen-bond acceptors (Lipinski definition) is 3. The van der Waals surface area contributed by atoms with Gasteiger partial charge in [0, 0.05) is 12.3 Å². The number of carbonyl (C=O) groups is 1. The molecule has 0 bridgehead atoms. The van der Waals surface area contributed by atoms with Crippen LogP contribution in [0.1, 0.15) is 30.9 Å². The van der Waals surface area contributed by atoms with Crippen LogP contribution in [0.5, 0.6) is 0 Å². The number of carbonyl (C=O) groups excluding carboxylic acids is 1. The van der Waals surface area contributed by atoms with Crippen LogP contribution in [0.3, 0.4) is 0 Å². The molecule has 1 fully saturated rings. The maximum absolute atomic E-state index is 12.4. The van der Waals surface area contributed by atoms with Crippen LogP contribution in [0.25, 0.3) is 0 Å². The second kappa shape index (κ2) is 7.05. The van der Waals surface area contributed by atoms with Crippen LogP contribution in [-0.4, -0.2) is 41.7 Å². The lowest BCUT2D eigenvalue weighted by molar-refractivity contribution is -0.121. The Bertz CT molecular complexity index is 494. The summed E-state index contributed by atoms with van der Waals surface area (Å²) in [5.41, 5.74) is 3.27. The van der Waals surface area contributed by atoms with Crippen LogP contribution in [0, 0.1) is 19.8 Å². The minimum atomic E-state index is -0.133. The van der Waals surface area contributed by atoms with E-state index in [0.29, 0.717) is 5.92 Å². The van der Waals surface area contributed by atoms with Crippen molar-refractivity contribution in [2.75, 3.05) is 25.0 Å². The fourth-order valence-electron chi connectivity index (χ4n) is 2.75. The highest BCUT2D eigenvalue weighted by Gasteiger charge is 2.26. The molecule has 0 aromatic heterocycles. The van der Waals surface area contributed by atoms with Crippen molar-refractivity contribution in [3.8, 4) is 0 Å². The van der Waals surface area contributed by atoms with Crippen molar-refractivity contribution in [1.29, 1.82) is 0 Å². The first-order valence-corrected chi connectivity index (χ1v) is 7.74. The van der Waals surface area contributed by atoms with E-state index < -0.39 is 0 Å². The number of nitrogens with zero attached hydrogens (tertiary/aromatic N) is 1. The van der Waals surface area contributed by atoms with E-state index in [1.165, 1.54) is 11.1 Å². The molecule has 1 heterocycles. The first-order valence-electron chi connectivity index (χ1n) is 7.74. The molecule has 1 saturated heterocycles. The molecular weight excluding hydrogens is 264 g/mol. The fraction of sp³-hybridized carbons (Fsp3) is 0.588. The molecule has 0 spiro atoms. The van der Waals surface area contributed by atoms with Gasteiger partial charge in [-0.15, -0.1) is 0 Å². The van der Waals surface area contributed by atoms with Crippen molar-refractivity contribution in [3.05, 3.63) is 29.3 Å². The van der Waals surface area contributed by atoms with Crippen molar-refractivity contribution in [1.82, 2.24) is 4.90 Å². The molecule has 1 aromatic carbocycles. The van der Waals surface area contributed by atoms with E-state index in [2.05, 4.69) is 17.1 Å². The number of likely N-dealkylation sites (tertiary alicyclic amines) is 1. The average molecular weight is 290 g/mol. The van der Waals surface area contributed by atoms with E-state index in [9.17, 15) is 9.90 Å². The zero-order chi connectivity index (χ0) is 15.4. The third-order valence-electron chi connectivity index (χ3n) is 4.61. The summed E-state index contributed by atoms with van der Waals surface area (Å²) in [6.07, 6.45) is 1.94. The second-order valence-electron chi connectivity index (χ2n) is 6.13. The van der Waals surface area contributed by atoms with Gasteiger partial charge in [0.1, 0.15) is 0 Å². The van der Waals surface area contributed by atoms with Gasteiger partial charge in [0.05, 0.1) is 6.04 Å². The van der Waals surface area contributed by atoms with Crippen molar-refractivity contribution in [3.63, 3.8) is 0 Å². The molecule has 1 aromatic rings. The lowest BCUT2D eigenvalue weighted by Crippen LogP contribution is -2.46. The summed E-state index contributed by atoms with van der Waals surface area (Å²) in [6, 6.07) is 5.86. The number of aliphatic hydroxyl groups is 1. The van der Waals surface area contributed by atoms with Gasteiger partial charge in [0.15, 0.2) is 0 Å². The topological polar surface area (TPSA) is 52.6 Å². The van der Waals surface area contributed by atoms with Crippen LogP contribution in [-0.2, 0) is 4.79 Å². The Hall–Kier alpha value is -1.39. The lowest BCUT2D eigenvalue weighted by atomic mass is 9.97. The molecule has 1 aliphatic heterocycles. The Morgan fingerprint density at radius 2 is 2.00 bits per heavy atom. The third-order valence-corrected chi connectivity index (χ3v) is 4.61. The van der Waals surface area contributed by atoms with Gasteiger partial charge >= 0.3 is 0 Å². The summed E-state index contributed by atoms with van der Waals surface area (Å²) in [7, 11) is 0. The summed E-state index contributed by atoms with van der Waals surface area (Å²) in [5, 5.41) is 12.2. The predicted molar refractivity (Wildman–Crippen MR) is 85.4 cm³/mol. The zero-order valence-corrected chi connectivity index (χ0v) is 13.2. The predicted octanol–water partition coefficient (Wildman–Crippen LogP) is 2.33. The highest BCUT2D eigenvalue weighted by atomic mass is 16.3. The number of benzene rings is 1. The molecule has 0 aliphatic carbocycles. The van der Waals surface area contributed by atoms with Gasteiger partial charge < -0.3 is 10.4 Å². The Balaban J connectivity index is 1.92. The highest BCUT2D eigenvalue weighted by Crippen LogP contribution is 2.19. The quantitative estimate of drug-likeness (QED) is 0.895. The molecule has 2 N–H and O–H groups in total. The number of aliphatic hydroxyl groups excluding tert-OH is 1. The number of anilines is 1. The van der Waals surface area contributed by atoms with E-state index in [-0.39, 0.29) is 18.6 Å². The van der Waals surface area contributed by atoms with Gasteiger partial charge in [-0.05, 0) is 75.9 Å². The van der Waals surface area contributed by atoms with Gasteiger partial charge in [0.25, 0.3) is 0 Å². The molecule has 1 amide bonds. The largest absolute Gasteiger partial charge is 0.396 e. The number of nitrogens with one attached hydrogen (secondary N) is 1. The van der Waals surface area contributed by atoms with E-state index in [4.69, 9.17) is 0 Å². The van der Waals surface area contributed by atoms with E-state index in [0.717, 1.165) is 31.6 Å². The van der Waals surface area contributed by atoms with Crippen molar-refractivity contribution in [2.24, 2.45) is 5.92 Å². The lowest BCUT2D eigenvalue weighted by Gasteiger charge is -2.34. The first-order chi connectivity index (χ1) is 10.0. The summed E-state index contributed by atoms with van der Waals surface area (Å²) >= 11 is 0. The first kappa shape index (κ1) is 16.0. The molecule has 116 valence electrons. The Kier molecular flexibility index (Phi) is 5.37. The SMILES string of the molecule is Cc1ccc(NC(=O)C(C)N2CCC(CO)CC2)cc1C. The molecule has 0 saturated carbocycles. The molecule has 4 heteroatoms. The molecule has 0 radical (unpaired) electrons. The Morgan fingerprint density at radius 3 is 2.57 bits per heavy atom.